The summed E-state index contributed by atoms with van der Waals surface area (Å²) in [4.78, 5) is 3.41. The summed E-state index contributed by atoms with van der Waals surface area (Å²) in [7, 11) is 0. The Bertz CT molecular complexity index is 939. The summed E-state index contributed by atoms with van der Waals surface area (Å²) in [6.45, 7) is 5.66. The molecule has 2 aliphatic rings. The Morgan fingerprint density at radius 3 is 2.32 bits per heavy atom. The average Bonchev–Trinajstić information content (AvgIpc) is 2.72. The van der Waals surface area contributed by atoms with E-state index >= 15 is 0 Å². The van der Waals surface area contributed by atoms with E-state index in [0.717, 1.165) is 22.6 Å². The molecule has 0 radical (unpaired) electrons. The number of benzene rings is 1. The van der Waals surface area contributed by atoms with Crippen LogP contribution in [0.4, 0.5) is 0 Å². The van der Waals surface area contributed by atoms with Gasteiger partial charge in [0, 0.05) is 35.9 Å². The van der Waals surface area contributed by atoms with Gasteiger partial charge < -0.3 is 5.73 Å². The minimum absolute atomic E-state index is 0.0828. The van der Waals surface area contributed by atoms with Gasteiger partial charge in [-0.05, 0) is 43.4 Å². The van der Waals surface area contributed by atoms with Crippen molar-refractivity contribution in [3.05, 3.63) is 52.7 Å². The second-order valence-corrected chi connectivity index (χ2v) is 8.38. The molecule has 0 amide bonds. The predicted octanol–water partition coefficient (Wildman–Crippen LogP) is 3.54. The second-order valence-electron chi connectivity index (χ2n) is 7.50. The third-order valence-corrected chi connectivity index (χ3v) is 6.64. The topological polar surface area (TPSA) is 101 Å². The van der Waals surface area contributed by atoms with Crippen LogP contribution in [0.25, 0.3) is 0 Å². The molecule has 1 aliphatic heterocycles. The molecule has 0 spiro atoms. The molecule has 142 valence electrons. The van der Waals surface area contributed by atoms with Gasteiger partial charge >= 0.3 is 0 Å². The molecule has 1 heterocycles. The molecule has 2 atom stereocenters. The van der Waals surface area contributed by atoms with Crippen LogP contribution in [0.1, 0.15) is 25.3 Å². The molecule has 5 nitrogen and oxygen atoms in total. The van der Waals surface area contributed by atoms with E-state index < -0.39 is 11.3 Å². The van der Waals surface area contributed by atoms with Crippen molar-refractivity contribution < 1.29 is 0 Å². The summed E-state index contributed by atoms with van der Waals surface area (Å²) < 4.78 is 0. The Hall–Kier alpha value is -2.72. The molecule has 0 aromatic heterocycles. The highest BCUT2D eigenvalue weighted by molar-refractivity contribution is 7.98. The Kier molecular flexibility index (Phi) is 5.52. The summed E-state index contributed by atoms with van der Waals surface area (Å²) in [6.07, 6.45) is 4.05. The normalized spacial score (nSPS) is 24.0. The first kappa shape index (κ1) is 20.0. The highest BCUT2D eigenvalue weighted by atomic mass is 32.2. The van der Waals surface area contributed by atoms with E-state index in [1.54, 1.807) is 11.8 Å². The first-order chi connectivity index (χ1) is 13.4. The lowest BCUT2D eigenvalue weighted by Crippen LogP contribution is -2.49. The number of fused-ring (bicyclic) bond motifs is 1. The zero-order chi connectivity index (χ0) is 20.5. The van der Waals surface area contributed by atoms with E-state index in [1.165, 1.54) is 0 Å². The summed E-state index contributed by atoms with van der Waals surface area (Å²) in [5, 5.41) is 29.9. The van der Waals surface area contributed by atoms with Gasteiger partial charge in [-0.2, -0.15) is 15.8 Å². The van der Waals surface area contributed by atoms with Gasteiger partial charge in [-0.3, -0.25) is 4.90 Å². The van der Waals surface area contributed by atoms with Gasteiger partial charge in [-0.25, -0.2) is 0 Å². The lowest BCUT2D eigenvalue weighted by molar-refractivity contribution is 0.174. The minimum Gasteiger partial charge on any atom is -0.399 e. The number of nitrogens with zero attached hydrogens (tertiary/aromatic N) is 4. The summed E-state index contributed by atoms with van der Waals surface area (Å²) >= 11 is 1.64. The maximum Gasteiger partial charge on any atom is 0.191 e. The van der Waals surface area contributed by atoms with Crippen molar-refractivity contribution in [2.45, 2.75) is 30.7 Å². The molecule has 1 aliphatic carbocycles. The number of nitriles is 3. The van der Waals surface area contributed by atoms with E-state index in [-0.39, 0.29) is 11.6 Å². The fourth-order valence-corrected chi connectivity index (χ4v) is 4.72. The van der Waals surface area contributed by atoms with Crippen LogP contribution >= 0.6 is 11.8 Å². The zero-order valence-corrected chi connectivity index (χ0v) is 17.1. The highest BCUT2D eigenvalue weighted by Gasteiger charge is 2.54. The molecule has 1 aromatic rings. The maximum atomic E-state index is 10.1. The van der Waals surface area contributed by atoms with Crippen LogP contribution in [0.2, 0.25) is 0 Å². The molecule has 0 saturated heterocycles. The first-order valence-electron chi connectivity index (χ1n) is 9.24. The number of thioether (sulfide) groups is 1. The van der Waals surface area contributed by atoms with Crippen molar-refractivity contribution in [2.75, 3.05) is 19.3 Å². The van der Waals surface area contributed by atoms with Crippen LogP contribution in [0.5, 0.6) is 0 Å². The van der Waals surface area contributed by atoms with E-state index in [0.29, 0.717) is 18.2 Å². The van der Waals surface area contributed by atoms with Gasteiger partial charge in [0.2, 0.25) is 0 Å². The van der Waals surface area contributed by atoms with Gasteiger partial charge in [0.25, 0.3) is 0 Å². The van der Waals surface area contributed by atoms with E-state index in [1.807, 2.05) is 36.6 Å². The van der Waals surface area contributed by atoms with E-state index in [2.05, 4.69) is 37.0 Å². The maximum absolute atomic E-state index is 10.1. The lowest BCUT2D eigenvalue weighted by atomic mass is 9.58. The van der Waals surface area contributed by atoms with Crippen molar-refractivity contribution in [3.8, 4) is 18.2 Å². The van der Waals surface area contributed by atoms with Crippen molar-refractivity contribution in [2.24, 2.45) is 17.1 Å². The molecule has 3 rings (SSSR count). The van der Waals surface area contributed by atoms with Gasteiger partial charge in [0.1, 0.15) is 6.07 Å². The fraction of sp³-hybridized carbons (Fsp3) is 0.409. The van der Waals surface area contributed by atoms with Crippen LogP contribution in [0.15, 0.2) is 52.1 Å². The van der Waals surface area contributed by atoms with Crippen LogP contribution in [-0.4, -0.2) is 30.3 Å². The van der Waals surface area contributed by atoms with Crippen molar-refractivity contribution in [3.63, 3.8) is 0 Å². The molecule has 28 heavy (non-hydrogen) atoms. The third kappa shape index (κ3) is 2.98. The zero-order valence-electron chi connectivity index (χ0n) is 16.3. The smallest absolute Gasteiger partial charge is 0.191 e. The summed E-state index contributed by atoms with van der Waals surface area (Å²) in [6, 6.07) is 14.9. The molecule has 0 saturated carbocycles. The molecule has 6 heteroatoms. The number of hydrogen-bond donors (Lipinski definition) is 1. The Morgan fingerprint density at radius 2 is 1.82 bits per heavy atom. The van der Waals surface area contributed by atoms with Crippen LogP contribution in [0.3, 0.4) is 0 Å². The Morgan fingerprint density at radius 1 is 1.18 bits per heavy atom. The number of hydrogen-bond acceptors (Lipinski definition) is 6. The van der Waals surface area contributed by atoms with Crippen LogP contribution < -0.4 is 5.73 Å². The summed E-state index contributed by atoms with van der Waals surface area (Å²) in [5.74, 6) is -0.569. The highest BCUT2D eigenvalue weighted by Crippen LogP contribution is 2.54. The number of allylic oxidation sites excluding steroid dienone is 2. The van der Waals surface area contributed by atoms with Gasteiger partial charge in [0.05, 0.1) is 23.4 Å². The fourth-order valence-electron chi connectivity index (χ4n) is 4.31. The molecule has 0 bridgehead atoms. The van der Waals surface area contributed by atoms with Crippen molar-refractivity contribution in [1.82, 2.24) is 4.90 Å². The van der Waals surface area contributed by atoms with E-state index in [4.69, 9.17) is 5.73 Å². The number of nitrogens with two attached hydrogens (primary N) is 1. The largest absolute Gasteiger partial charge is 0.399 e. The predicted molar refractivity (Wildman–Crippen MR) is 110 cm³/mol. The van der Waals surface area contributed by atoms with Crippen molar-refractivity contribution >= 4 is 11.8 Å². The standard InChI is InChI=1S/C22H23N5S/c1-14(2)27-9-8-17-18(10-23)21(26)22(12-24,13-25)20(19(17)11-27)15-4-6-16(28-3)7-5-15/h4-8,14,19-20H,9,11,26H2,1-3H3/t19-,20+/m1/s1. The average molecular weight is 390 g/mol. The van der Waals surface area contributed by atoms with Crippen LogP contribution in [-0.2, 0) is 0 Å². The molecular weight excluding hydrogens is 366 g/mol. The Balaban J connectivity index is 2.26. The minimum atomic E-state index is -1.56. The SMILES string of the molecule is CSc1ccc([C@H]2[C@@H]3CN(C(C)C)CC=C3C(C#N)=C(N)C2(C#N)C#N)cc1. The first-order valence-corrected chi connectivity index (χ1v) is 10.5. The molecule has 2 N–H and O–H groups in total. The van der Waals surface area contributed by atoms with E-state index in [9.17, 15) is 15.8 Å². The van der Waals surface area contributed by atoms with Gasteiger partial charge in [-0.15, -0.1) is 11.8 Å². The third-order valence-electron chi connectivity index (χ3n) is 5.90. The summed E-state index contributed by atoms with van der Waals surface area (Å²) in [5.41, 5.74) is 6.93. The molecule has 0 unspecified atom stereocenters. The van der Waals surface area contributed by atoms with Gasteiger partial charge in [-0.1, -0.05) is 18.2 Å². The monoisotopic (exact) mass is 389 g/mol. The van der Waals surface area contributed by atoms with Crippen molar-refractivity contribution in [1.29, 1.82) is 15.8 Å². The Labute approximate surface area is 170 Å². The molecule has 1 aromatic carbocycles. The van der Waals surface area contributed by atoms with Crippen LogP contribution in [0, 0.1) is 45.3 Å². The lowest BCUT2D eigenvalue weighted by Gasteiger charge is -2.46. The quantitative estimate of drug-likeness (QED) is 0.794. The van der Waals surface area contributed by atoms with Gasteiger partial charge in [0.15, 0.2) is 5.41 Å². The molecular formula is C22H23N5S. The molecule has 0 fully saturated rings. The second kappa shape index (κ2) is 7.72. The number of rotatable bonds is 3.